The van der Waals surface area contributed by atoms with E-state index < -0.39 is 15.7 Å². The van der Waals surface area contributed by atoms with E-state index in [-0.39, 0.29) is 25.9 Å². The van der Waals surface area contributed by atoms with E-state index in [1.165, 1.54) is 4.31 Å². The summed E-state index contributed by atoms with van der Waals surface area (Å²) in [4.78, 5) is 0. The second kappa shape index (κ2) is 3.24. The van der Waals surface area contributed by atoms with Crippen molar-refractivity contribution in [2.24, 2.45) is 0 Å². The number of hydrogen-bond acceptors (Lipinski definition) is 3. The van der Waals surface area contributed by atoms with Crippen LogP contribution in [0.15, 0.2) is 0 Å². The maximum absolute atomic E-state index is 13.3. The summed E-state index contributed by atoms with van der Waals surface area (Å²) < 4.78 is 36.5. The average Bonchev–Trinajstić information content (AvgIpc) is 2.04. The zero-order chi connectivity index (χ0) is 10.1. The van der Waals surface area contributed by atoms with Gasteiger partial charge in [-0.25, -0.2) is 17.1 Å². The normalized spacial score (nSPS) is 23.8. The fraction of sp³-hybridized carbons (Fsp3) is 0.857. The molecular formula is C7H11FN2O2S. The minimum Gasteiger partial charge on any atom is -0.227 e. The molecular weight excluding hydrogens is 195 g/mol. The van der Waals surface area contributed by atoms with Gasteiger partial charge in [-0.15, -0.1) is 0 Å². The third-order valence-electron chi connectivity index (χ3n) is 2.18. The summed E-state index contributed by atoms with van der Waals surface area (Å²) in [6.07, 6.45) is 1.03. The monoisotopic (exact) mass is 206 g/mol. The Morgan fingerprint density at radius 1 is 1.46 bits per heavy atom. The molecule has 6 heteroatoms. The molecule has 0 unspecified atom stereocenters. The van der Waals surface area contributed by atoms with Crippen molar-refractivity contribution in [3.05, 3.63) is 0 Å². The Morgan fingerprint density at radius 2 is 1.92 bits per heavy atom. The van der Waals surface area contributed by atoms with Crippen LogP contribution in [-0.4, -0.2) is 37.7 Å². The van der Waals surface area contributed by atoms with Crippen molar-refractivity contribution in [1.82, 2.24) is 4.31 Å². The van der Waals surface area contributed by atoms with Crippen LogP contribution in [0.25, 0.3) is 0 Å². The Labute approximate surface area is 77.0 Å². The molecule has 0 aromatic rings. The Hall–Kier alpha value is -0.670. The van der Waals surface area contributed by atoms with Crippen molar-refractivity contribution in [1.29, 1.82) is 5.26 Å². The van der Waals surface area contributed by atoms with Gasteiger partial charge in [0.1, 0.15) is 6.07 Å². The highest BCUT2D eigenvalue weighted by molar-refractivity contribution is 7.88. The van der Waals surface area contributed by atoms with Crippen molar-refractivity contribution >= 4 is 10.0 Å². The number of sulfonamides is 1. The van der Waals surface area contributed by atoms with Crippen molar-refractivity contribution in [2.45, 2.75) is 18.5 Å². The Morgan fingerprint density at radius 3 is 2.23 bits per heavy atom. The molecule has 0 atom stereocenters. The first-order chi connectivity index (χ1) is 5.87. The van der Waals surface area contributed by atoms with Gasteiger partial charge in [0.25, 0.3) is 0 Å². The summed E-state index contributed by atoms with van der Waals surface area (Å²) in [6.45, 7) is 0.200. The summed E-state index contributed by atoms with van der Waals surface area (Å²) in [5.41, 5.74) is -1.83. The molecule has 4 nitrogen and oxygen atoms in total. The molecule has 1 saturated heterocycles. The maximum Gasteiger partial charge on any atom is 0.211 e. The van der Waals surface area contributed by atoms with Crippen LogP contribution in [0.1, 0.15) is 12.8 Å². The van der Waals surface area contributed by atoms with Crippen LogP contribution in [-0.2, 0) is 10.0 Å². The van der Waals surface area contributed by atoms with E-state index in [4.69, 9.17) is 5.26 Å². The topological polar surface area (TPSA) is 61.2 Å². The summed E-state index contributed by atoms with van der Waals surface area (Å²) in [5.74, 6) is 0. The number of hydrogen-bond donors (Lipinski definition) is 0. The third-order valence-corrected chi connectivity index (χ3v) is 3.49. The van der Waals surface area contributed by atoms with E-state index in [9.17, 15) is 12.8 Å². The summed E-state index contributed by atoms with van der Waals surface area (Å²) in [7, 11) is -3.23. The van der Waals surface area contributed by atoms with Gasteiger partial charge < -0.3 is 0 Å². The number of nitriles is 1. The molecule has 1 aliphatic heterocycles. The lowest BCUT2D eigenvalue weighted by molar-refractivity contribution is 0.145. The summed E-state index contributed by atoms with van der Waals surface area (Å²) in [6, 6.07) is 1.56. The summed E-state index contributed by atoms with van der Waals surface area (Å²) in [5, 5.41) is 8.45. The van der Waals surface area contributed by atoms with Crippen molar-refractivity contribution in [2.75, 3.05) is 19.3 Å². The van der Waals surface area contributed by atoms with E-state index in [0.717, 1.165) is 6.26 Å². The number of alkyl halides is 1. The Kier molecular flexibility index (Phi) is 2.59. The molecule has 0 bridgehead atoms. The third kappa shape index (κ3) is 2.39. The van der Waals surface area contributed by atoms with Gasteiger partial charge in [0.15, 0.2) is 5.67 Å². The molecule has 1 fully saturated rings. The summed E-state index contributed by atoms with van der Waals surface area (Å²) >= 11 is 0. The predicted octanol–water partition coefficient (Wildman–Crippen LogP) is 0.274. The van der Waals surface area contributed by atoms with Gasteiger partial charge in [0, 0.05) is 25.9 Å². The van der Waals surface area contributed by atoms with Crippen molar-refractivity contribution in [3.8, 4) is 6.07 Å². The molecule has 1 rings (SSSR count). The molecule has 0 N–H and O–H groups in total. The molecule has 74 valence electrons. The standard InChI is InChI=1S/C7H11FN2O2S/c1-13(11,12)10-4-2-7(8,6-9)3-5-10/h2-5H2,1H3. The van der Waals surface area contributed by atoms with Gasteiger partial charge in [-0.1, -0.05) is 0 Å². The van der Waals surface area contributed by atoms with E-state index in [1.807, 2.05) is 0 Å². The van der Waals surface area contributed by atoms with E-state index >= 15 is 0 Å². The van der Waals surface area contributed by atoms with E-state index in [2.05, 4.69) is 0 Å². The lowest BCUT2D eigenvalue weighted by Crippen LogP contribution is -2.43. The number of piperidine rings is 1. The minimum absolute atomic E-state index is 0.0312. The van der Waals surface area contributed by atoms with Crippen LogP contribution in [0.5, 0.6) is 0 Å². The van der Waals surface area contributed by atoms with Crippen LogP contribution in [0.3, 0.4) is 0 Å². The van der Waals surface area contributed by atoms with Crippen LogP contribution in [0.2, 0.25) is 0 Å². The number of nitrogens with zero attached hydrogens (tertiary/aromatic N) is 2. The molecule has 1 heterocycles. The first-order valence-electron chi connectivity index (χ1n) is 3.93. The molecule has 0 aliphatic carbocycles. The van der Waals surface area contributed by atoms with E-state index in [1.54, 1.807) is 6.07 Å². The fourth-order valence-electron chi connectivity index (χ4n) is 1.28. The van der Waals surface area contributed by atoms with Gasteiger partial charge >= 0.3 is 0 Å². The lowest BCUT2D eigenvalue weighted by Gasteiger charge is -2.30. The predicted molar refractivity (Wildman–Crippen MR) is 45.1 cm³/mol. The molecule has 0 radical (unpaired) electrons. The van der Waals surface area contributed by atoms with Gasteiger partial charge in [0.2, 0.25) is 10.0 Å². The zero-order valence-electron chi connectivity index (χ0n) is 7.33. The van der Waals surface area contributed by atoms with Crippen LogP contribution in [0, 0.1) is 11.3 Å². The number of rotatable bonds is 1. The fourth-order valence-corrected chi connectivity index (χ4v) is 2.13. The van der Waals surface area contributed by atoms with Crippen molar-refractivity contribution in [3.63, 3.8) is 0 Å². The molecule has 13 heavy (non-hydrogen) atoms. The smallest absolute Gasteiger partial charge is 0.211 e. The van der Waals surface area contributed by atoms with Crippen molar-refractivity contribution < 1.29 is 12.8 Å². The molecule has 0 aromatic carbocycles. The second-order valence-electron chi connectivity index (χ2n) is 3.24. The first-order valence-corrected chi connectivity index (χ1v) is 5.77. The zero-order valence-corrected chi connectivity index (χ0v) is 8.14. The van der Waals surface area contributed by atoms with Crippen LogP contribution in [0.4, 0.5) is 4.39 Å². The number of halogens is 1. The lowest BCUT2D eigenvalue weighted by atomic mass is 9.96. The molecule has 0 amide bonds. The van der Waals surface area contributed by atoms with Crippen LogP contribution < -0.4 is 0 Å². The van der Waals surface area contributed by atoms with Gasteiger partial charge in [-0.2, -0.15) is 5.26 Å². The van der Waals surface area contributed by atoms with Gasteiger partial charge in [-0.05, 0) is 0 Å². The SMILES string of the molecule is CS(=O)(=O)N1CCC(F)(C#N)CC1. The Bertz CT molecular complexity index is 325. The Balaban J connectivity index is 2.65. The highest BCUT2D eigenvalue weighted by Crippen LogP contribution is 2.26. The minimum atomic E-state index is -3.23. The first kappa shape index (κ1) is 10.4. The van der Waals surface area contributed by atoms with Gasteiger partial charge in [0.05, 0.1) is 6.26 Å². The molecule has 0 saturated carbocycles. The average molecular weight is 206 g/mol. The molecule has 0 spiro atoms. The second-order valence-corrected chi connectivity index (χ2v) is 5.22. The maximum atomic E-state index is 13.3. The highest BCUT2D eigenvalue weighted by Gasteiger charge is 2.36. The van der Waals surface area contributed by atoms with Crippen LogP contribution >= 0.6 is 0 Å². The molecule has 1 aliphatic rings. The molecule has 0 aromatic heterocycles. The quantitative estimate of drug-likeness (QED) is 0.619. The largest absolute Gasteiger partial charge is 0.227 e. The van der Waals surface area contributed by atoms with Gasteiger partial charge in [-0.3, -0.25) is 0 Å². The van der Waals surface area contributed by atoms with E-state index in [0.29, 0.717) is 0 Å². The highest BCUT2D eigenvalue weighted by atomic mass is 32.2.